The van der Waals surface area contributed by atoms with Crippen LogP contribution in [0.1, 0.15) is 12.6 Å². The largest absolute Gasteiger partial charge is 0.476 e. The molecule has 0 radical (unpaired) electrons. The molecule has 1 heterocycles. The van der Waals surface area contributed by atoms with Crippen LogP contribution < -0.4 is 10.1 Å². The van der Waals surface area contributed by atoms with Gasteiger partial charge in [0.1, 0.15) is 5.69 Å². The molecule has 0 aliphatic rings. The minimum Gasteiger partial charge on any atom is -0.476 e. The van der Waals surface area contributed by atoms with Crippen molar-refractivity contribution in [3.63, 3.8) is 0 Å². The van der Waals surface area contributed by atoms with Crippen molar-refractivity contribution in [1.82, 2.24) is 10.3 Å². The summed E-state index contributed by atoms with van der Waals surface area (Å²) in [7, 11) is 0. The molecule has 0 spiro atoms. The summed E-state index contributed by atoms with van der Waals surface area (Å²) in [6.07, 6.45) is 0. The fourth-order valence-electron chi connectivity index (χ4n) is 1.17. The van der Waals surface area contributed by atoms with Gasteiger partial charge >= 0.3 is 5.82 Å². The molecule has 0 fully saturated rings. The Balaban J connectivity index is 2.77. The van der Waals surface area contributed by atoms with Crippen molar-refractivity contribution in [3.05, 3.63) is 27.9 Å². The quantitative estimate of drug-likeness (QED) is 0.606. The third kappa shape index (κ3) is 3.71. The SMILES string of the molecule is CCNC(=O)COc1ccc(C)nc1[N+](=O)[O-]. The van der Waals surface area contributed by atoms with Crippen molar-refractivity contribution in [1.29, 1.82) is 0 Å². The summed E-state index contributed by atoms with van der Waals surface area (Å²) in [5.41, 5.74) is 0.516. The van der Waals surface area contributed by atoms with Gasteiger partial charge in [0.15, 0.2) is 6.61 Å². The molecule has 1 aromatic heterocycles. The van der Waals surface area contributed by atoms with Crippen LogP contribution in [0.15, 0.2) is 12.1 Å². The Kier molecular flexibility index (Phi) is 4.38. The lowest BCUT2D eigenvalue weighted by molar-refractivity contribution is -0.390. The summed E-state index contributed by atoms with van der Waals surface area (Å²) >= 11 is 0. The number of hydrogen-bond acceptors (Lipinski definition) is 5. The zero-order chi connectivity index (χ0) is 12.8. The standard InChI is InChI=1S/C10H13N3O4/c1-3-11-9(14)6-17-8-5-4-7(2)12-10(8)13(15)16/h4-5H,3,6H2,1-2H3,(H,11,14). The van der Waals surface area contributed by atoms with E-state index in [1.54, 1.807) is 19.9 Å². The Morgan fingerprint density at radius 3 is 2.88 bits per heavy atom. The topological polar surface area (TPSA) is 94.4 Å². The molecule has 0 aliphatic heterocycles. The minimum atomic E-state index is -0.639. The van der Waals surface area contributed by atoms with Gasteiger partial charge in [-0.1, -0.05) is 0 Å². The predicted octanol–water partition coefficient (Wildman–Crippen LogP) is 0.813. The number of ether oxygens (including phenoxy) is 1. The van der Waals surface area contributed by atoms with E-state index in [-0.39, 0.29) is 24.1 Å². The van der Waals surface area contributed by atoms with Gasteiger partial charge in [-0.3, -0.25) is 4.79 Å². The number of nitrogens with zero attached hydrogens (tertiary/aromatic N) is 2. The van der Waals surface area contributed by atoms with Crippen molar-refractivity contribution >= 4 is 11.7 Å². The monoisotopic (exact) mass is 239 g/mol. The molecule has 0 atom stereocenters. The number of amides is 1. The number of pyridine rings is 1. The molecule has 0 unspecified atom stereocenters. The van der Waals surface area contributed by atoms with Crippen LogP contribution in [-0.2, 0) is 4.79 Å². The number of aromatic nitrogens is 1. The fraction of sp³-hybridized carbons (Fsp3) is 0.400. The summed E-state index contributed by atoms with van der Waals surface area (Å²) in [5.74, 6) is -0.719. The Bertz CT molecular complexity index is 434. The van der Waals surface area contributed by atoms with Crippen molar-refractivity contribution < 1.29 is 14.5 Å². The van der Waals surface area contributed by atoms with Gasteiger partial charge < -0.3 is 20.2 Å². The van der Waals surface area contributed by atoms with Crippen molar-refractivity contribution in [2.75, 3.05) is 13.2 Å². The number of likely N-dealkylation sites (N-methyl/N-ethyl adjacent to an activating group) is 1. The molecule has 1 amide bonds. The van der Waals surface area contributed by atoms with Crippen LogP contribution in [0.25, 0.3) is 0 Å². The van der Waals surface area contributed by atoms with E-state index in [4.69, 9.17) is 4.74 Å². The first kappa shape index (κ1) is 12.9. The molecule has 1 aromatic rings. The number of nitro groups is 1. The molecule has 7 nitrogen and oxygen atoms in total. The van der Waals surface area contributed by atoms with Gasteiger partial charge in [0.25, 0.3) is 5.91 Å². The molecular formula is C10H13N3O4. The lowest BCUT2D eigenvalue weighted by Crippen LogP contribution is -2.28. The molecule has 7 heteroatoms. The van der Waals surface area contributed by atoms with Crippen LogP contribution in [0.5, 0.6) is 5.75 Å². The van der Waals surface area contributed by atoms with E-state index in [1.807, 2.05) is 0 Å². The molecular weight excluding hydrogens is 226 g/mol. The minimum absolute atomic E-state index is 0.00754. The number of hydrogen-bond donors (Lipinski definition) is 1. The van der Waals surface area contributed by atoms with Gasteiger partial charge in [-0.15, -0.1) is 0 Å². The molecule has 17 heavy (non-hydrogen) atoms. The Morgan fingerprint density at radius 1 is 1.59 bits per heavy atom. The van der Waals surface area contributed by atoms with Crippen molar-refractivity contribution in [2.24, 2.45) is 0 Å². The highest BCUT2D eigenvalue weighted by atomic mass is 16.6. The Morgan fingerprint density at radius 2 is 2.29 bits per heavy atom. The van der Waals surface area contributed by atoms with Crippen molar-refractivity contribution in [2.45, 2.75) is 13.8 Å². The average molecular weight is 239 g/mol. The van der Waals surface area contributed by atoms with Crippen molar-refractivity contribution in [3.8, 4) is 5.75 Å². The highest BCUT2D eigenvalue weighted by molar-refractivity contribution is 5.77. The number of carbonyl (C=O) groups excluding carboxylic acids is 1. The average Bonchev–Trinajstić information content (AvgIpc) is 2.27. The number of rotatable bonds is 5. The molecule has 0 saturated heterocycles. The Hall–Kier alpha value is -2.18. The number of carbonyl (C=O) groups is 1. The van der Waals surface area contributed by atoms with Gasteiger partial charge in [-0.05, 0) is 29.0 Å². The van der Waals surface area contributed by atoms with E-state index in [9.17, 15) is 14.9 Å². The van der Waals surface area contributed by atoms with Crippen LogP contribution in [0.4, 0.5) is 5.82 Å². The summed E-state index contributed by atoms with van der Waals surface area (Å²) in [4.78, 5) is 24.9. The lowest BCUT2D eigenvalue weighted by Gasteiger charge is -2.06. The highest BCUT2D eigenvalue weighted by Crippen LogP contribution is 2.24. The normalized spacial score (nSPS) is 9.76. The van der Waals surface area contributed by atoms with E-state index in [0.29, 0.717) is 12.2 Å². The second-order valence-electron chi connectivity index (χ2n) is 3.27. The fourth-order valence-corrected chi connectivity index (χ4v) is 1.17. The van der Waals surface area contributed by atoms with Crippen LogP contribution in [-0.4, -0.2) is 29.0 Å². The first-order chi connectivity index (χ1) is 8.04. The third-order valence-corrected chi connectivity index (χ3v) is 1.88. The zero-order valence-electron chi connectivity index (χ0n) is 9.60. The zero-order valence-corrected chi connectivity index (χ0v) is 9.60. The molecule has 0 aromatic carbocycles. The van der Waals surface area contributed by atoms with E-state index in [2.05, 4.69) is 10.3 Å². The maximum absolute atomic E-state index is 11.1. The van der Waals surface area contributed by atoms with E-state index < -0.39 is 4.92 Å². The van der Waals surface area contributed by atoms with Gasteiger partial charge in [0.2, 0.25) is 5.75 Å². The summed E-state index contributed by atoms with van der Waals surface area (Å²) < 4.78 is 5.05. The summed E-state index contributed by atoms with van der Waals surface area (Å²) in [5, 5.41) is 13.2. The summed E-state index contributed by atoms with van der Waals surface area (Å²) in [6.45, 7) is 3.63. The molecule has 0 aliphatic carbocycles. The third-order valence-electron chi connectivity index (χ3n) is 1.88. The van der Waals surface area contributed by atoms with Gasteiger partial charge in [0, 0.05) is 13.5 Å². The Labute approximate surface area is 98.0 Å². The molecule has 0 bridgehead atoms. The lowest BCUT2D eigenvalue weighted by atomic mass is 10.3. The van der Waals surface area contributed by atoms with Crippen LogP contribution in [0.3, 0.4) is 0 Å². The maximum Gasteiger partial charge on any atom is 0.406 e. The van der Waals surface area contributed by atoms with Gasteiger partial charge in [-0.25, -0.2) is 0 Å². The van der Waals surface area contributed by atoms with E-state index in [0.717, 1.165) is 0 Å². The molecule has 1 N–H and O–H groups in total. The van der Waals surface area contributed by atoms with Gasteiger partial charge in [0.05, 0.1) is 0 Å². The van der Waals surface area contributed by atoms with E-state index >= 15 is 0 Å². The summed E-state index contributed by atoms with van der Waals surface area (Å²) in [6, 6.07) is 3.01. The number of nitrogens with one attached hydrogen (secondary N) is 1. The maximum atomic E-state index is 11.1. The predicted molar refractivity (Wildman–Crippen MR) is 59.8 cm³/mol. The van der Waals surface area contributed by atoms with Crippen LogP contribution in [0.2, 0.25) is 0 Å². The second kappa shape index (κ2) is 5.78. The highest BCUT2D eigenvalue weighted by Gasteiger charge is 2.18. The number of aryl methyl sites for hydroxylation is 1. The first-order valence-corrected chi connectivity index (χ1v) is 5.06. The van der Waals surface area contributed by atoms with E-state index in [1.165, 1.54) is 6.07 Å². The smallest absolute Gasteiger partial charge is 0.406 e. The van der Waals surface area contributed by atoms with Crippen LogP contribution >= 0.6 is 0 Å². The second-order valence-corrected chi connectivity index (χ2v) is 3.27. The first-order valence-electron chi connectivity index (χ1n) is 5.06. The molecule has 0 saturated carbocycles. The molecule has 92 valence electrons. The van der Waals surface area contributed by atoms with Gasteiger partial charge in [-0.2, -0.15) is 0 Å². The molecule has 1 rings (SSSR count). The van der Waals surface area contributed by atoms with Crippen LogP contribution in [0, 0.1) is 17.0 Å².